The maximum absolute atomic E-state index is 12.9. The number of carbonyl (C=O) groups excluding carboxylic acids is 3. The zero-order valence-electron chi connectivity index (χ0n) is 17.5. The number of nitrogens with one attached hydrogen (secondary N) is 2. The summed E-state index contributed by atoms with van der Waals surface area (Å²) in [5, 5.41) is 27.7. The van der Waals surface area contributed by atoms with E-state index in [4.69, 9.17) is 11.5 Å². The van der Waals surface area contributed by atoms with Gasteiger partial charge < -0.3 is 21.9 Å². The summed E-state index contributed by atoms with van der Waals surface area (Å²) < 4.78 is 0. The third kappa shape index (κ3) is 4.88. The van der Waals surface area contributed by atoms with Crippen molar-refractivity contribution in [3.8, 4) is 0 Å². The predicted octanol–water partition coefficient (Wildman–Crippen LogP) is -0.449. The molecule has 4 heterocycles. The molecule has 0 spiro atoms. The number of aromatic nitrogens is 4. The molecule has 0 bridgehead atoms. The van der Waals surface area contributed by atoms with Crippen molar-refractivity contribution in [2.24, 2.45) is 5.73 Å². The number of carboxylic acids is 1. The van der Waals surface area contributed by atoms with Crippen molar-refractivity contribution in [2.75, 3.05) is 11.5 Å². The number of anilines is 1. The van der Waals surface area contributed by atoms with E-state index in [1.54, 1.807) is 11.4 Å². The van der Waals surface area contributed by atoms with Crippen LogP contribution in [0.15, 0.2) is 27.9 Å². The number of tetrazole rings is 1. The molecule has 0 saturated carbocycles. The van der Waals surface area contributed by atoms with Crippen molar-refractivity contribution in [1.29, 1.82) is 0 Å². The van der Waals surface area contributed by atoms with Crippen molar-refractivity contribution < 1.29 is 24.3 Å². The monoisotopic (exact) mass is 524 g/mol. The first-order valence-electron chi connectivity index (χ1n) is 9.97. The quantitative estimate of drug-likeness (QED) is 0.198. The Balaban J connectivity index is 1.53. The van der Waals surface area contributed by atoms with Crippen molar-refractivity contribution in [3.63, 3.8) is 0 Å². The number of aromatic amines is 1. The molecule has 34 heavy (non-hydrogen) atoms. The van der Waals surface area contributed by atoms with Crippen LogP contribution in [-0.4, -0.2) is 76.7 Å². The highest BCUT2D eigenvalue weighted by Gasteiger charge is 2.54. The summed E-state index contributed by atoms with van der Waals surface area (Å²) in [7, 11) is 0. The van der Waals surface area contributed by atoms with E-state index < -0.39 is 34.4 Å². The largest absolute Gasteiger partial charge is 0.477 e. The first kappa shape index (κ1) is 24.0. The molecule has 4 rings (SSSR count). The van der Waals surface area contributed by atoms with Gasteiger partial charge in [-0.1, -0.05) is 11.8 Å². The Labute approximate surface area is 205 Å². The van der Waals surface area contributed by atoms with Crippen LogP contribution in [0.4, 0.5) is 5.00 Å². The Kier molecular flexibility index (Phi) is 7.08. The van der Waals surface area contributed by atoms with Crippen LogP contribution in [-0.2, 0) is 25.6 Å². The van der Waals surface area contributed by atoms with Crippen LogP contribution in [0.2, 0.25) is 0 Å². The molecule has 0 aromatic carbocycles. The number of carbonyl (C=O) groups is 4. The van der Waals surface area contributed by atoms with Gasteiger partial charge >= 0.3 is 5.97 Å². The molecule has 7 N–H and O–H groups in total. The fourth-order valence-electron chi connectivity index (χ4n) is 3.69. The molecule has 2 unspecified atom stereocenters. The highest BCUT2D eigenvalue weighted by Crippen LogP contribution is 2.44. The van der Waals surface area contributed by atoms with Crippen molar-refractivity contribution >= 4 is 63.6 Å². The number of nitrogens with two attached hydrogens (primary N) is 2. The Morgan fingerprint density at radius 1 is 1.41 bits per heavy atom. The Morgan fingerprint density at radius 3 is 2.82 bits per heavy atom. The van der Waals surface area contributed by atoms with Crippen LogP contribution in [0, 0.1) is 0 Å². The van der Waals surface area contributed by atoms with Gasteiger partial charge in [0.1, 0.15) is 17.1 Å². The summed E-state index contributed by atoms with van der Waals surface area (Å²) in [6, 6.07) is 0.900. The molecule has 180 valence electrons. The van der Waals surface area contributed by atoms with Crippen LogP contribution in [0.3, 0.4) is 0 Å². The predicted molar refractivity (Wildman–Crippen MR) is 124 cm³/mol. The lowest BCUT2D eigenvalue weighted by Gasteiger charge is -2.50. The van der Waals surface area contributed by atoms with E-state index in [2.05, 4.69) is 25.9 Å². The minimum atomic E-state index is -1.28. The molecule has 0 radical (unpaired) electrons. The van der Waals surface area contributed by atoms with Gasteiger partial charge in [0.25, 0.3) is 5.91 Å². The smallest absolute Gasteiger partial charge is 0.352 e. The standard InChI is InChI=1S/C18H20N8O5S3/c19-10(27)2-1-9(34-18-22-24-25-23-18)8-6-33-16-12(15(29)26(16)13(8)17(30)31)21-11(28)5-7-3-4-32-14(7)20/h3-4,9,12,16H,1-2,5-6,20H2,(H2,19,27)(H,21,28)(H,30,31)(H,22,23,24,25)/t9?,12?,16-/m0/s1. The number of rotatable bonds is 10. The van der Waals surface area contributed by atoms with E-state index in [1.165, 1.54) is 28.0 Å². The zero-order valence-corrected chi connectivity index (χ0v) is 19.9. The molecule has 0 aliphatic carbocycles. The maximum Gasteiger partial charge on any atom is 0.352 e. The summed E-state index contributed by atoms with van der Waals surface area (Å²) in [6.45, 7) is 0. The number of amides is 3. The second-order valence-electron chi connectivity index (χ2n) is 7.43. The first-order chi connectivity index (χ1) is 16.3. The number of β-lactam (4-membered cyclic amide) rings is 1. The van der Waals surface area contributed by atoms with Crippen molar-refractivity contribution in [1.82, 2.24) is 30.8 Å². The van der Waals surface area contributed by atoms with Gasteiger partial charge in [-0.2, -0.15) is 5.21 Å². The van der Waals surface area contributed by atoms with E-state index in [0.29, 0.717) is 16.1 Å². The lowest BCUT2D eigenvalue weighted by molar-refractivity contribution is -0.150. The topological polar surface area (TPSA) is 210 Å². The van der Waals surface area contributed by atoms with Gasteiger partial charge in [-0.05, 0) is 34.2 Å². The molecule has 2 aliphatic rings. The van der Waals surface area contributed by atoms with Gasteiger partial charge in [-0.15, -0.1) is 33.3 Å². The molecule has 16 heteroatoms. The molecular formula is C18H20N8O5S3. The normalized spacial score (nSPS) is 20.5. The summed E-state index contributed by atoms with van der Waals surface area (Å²) in [6.07, 6.45) is 0.272. The van der Waals surface area contributed by atoms with Crippen LogP contribution < -0.4 is 16.8 Å². The molecule has 2 aliphatic heterocycles. The van der Waals surface area contributed by atoms with Gasteiger partial charge in [0.15, 0.2) is 0 Å². The maximum atomic E-state index is 12.9. The Morgan fingerprint density at radius 2 is 2.21 bits per heavy atom. The average Bonchev–Trinajstić information content (AvgIpc) is 3.45. The highest BCUT2D eigenvalue weighted by molar-refractivity contribution is 8.01. The fourth-order valence-corrected chi connectivity index (χ4v) is 6.90. The number of primary amides is 1. The van der Waals surface area contributed by atoms with E-state index in [9.17, 15) is 24.3 Å². The minimum Gasteiger partial charge on any atom is -0.477 e. The zero-order chi connectivity index (χ0) is 24.4. The lowest BCUT2D eigenvalue weighted by atomic mass is 9.99. The van der Waals surface area contributed by atoms with Crippen LogP contribution >= 0.6 is 34.9 Å². The third-order valence-corrected chi connectivity index (χ3v) is 8.54. The number of H-pyrrole nitrogens is 1. The van der Waals surface area contributed by atoms with Crippen molar-refractivity contribution in [2.45, 2.75) is 41.1 Å². The van der Waals surface area contributed by atoms with E-state index in [-0.39, 0.29) is 41.8 Å². The number of thiophene rings is 1. The van der Waals surface area contributed by atoms with E-state index in [1.807, 2.05) is 0 Å². The highest BCUT2D eigenvalue weighted by atomic mass is 32.2. The number of carboxylic acid groups (broad SMARTS) is 1. The van der Waals surface area contributed by atoms with Crippen LogP contribution in [0.25, 0.3) is 0 Å². The number of nitrogens with zero attached hydrogens (tertiary/aromatic N) is 4. The summed E-state index contributed by atoms with van der Waals surface area (Å²) >= 11 is 3.79. The summed E-state index contributed by atoms with van der Waals surface area (Å²) in [5.41, 5.74) is 12.1. The number of aliphatic carboxylic acids is 1. The van der Waals surface area contributed by atoms with Gasteiger partial charge in [0, 0.05) is 17.4 Å². The van der Waals surface area contributed by atoms with Gasteiger partial charge in [0.05, 0.1) is 11.4 Å². The molecule has 2 aromatic rings. The van der Waals surface area contributed by atoms with E-state index in [0.717, 1.165) is 11.8 Å². The van der Waals surface area contributed by atoms with Gasteiger partial charge in [0.2, 0.25) is 17.0 Å². The fraction of sp³-hybridized carbons (Fsp3) is 0.389. The lowest BCUT2D eigenvalue weighted by Crippen LogP contribution is -2.70. The van der Waals surface area contributed by atoms with E-state index >= 15 is 0 Å². The van der Waals surface area contributed by atoms with Crippen LogP contribution in [0.5, 0.6) is 0 Å². The number of hydrogen-bond acceptors (Lipinski definition) is 11. The minimum absolute atomic E-state index is 0.0123. The molecular weight excluding hydrogens is 504 g/mol. The second-order valence-corrected chi connectivity index (χ2v) is 10.6. The SMILES string of the molecule is NC(=O)CCC(Sc1nn[nH]n1)C1=C(C(=O)O)N2C(=O)C(NC(=O)Cc3ccsc3N)[C@@H]2SC1. The number of hydrogen-bond donors (Lipinski definition) is 5. The molecule has 3 atom stereocenters. The molecule has 3 amide bonds. The number of thioether (sulfide) groups is 2. The molecule has 1 saturated heterocycles. The molecule has 13 nitrogen and oxygen atoms in total. The average molecular weight is 525 g/mol. The van der Waals surface area contributed by atoms with Crippen LogP contribution in [0.1, 0.15) is 18.4 Å². The van der Waals surface area contributed by atoms with Gasteiger partial charge in [-0.25, -0.2) is 4.79 Å². The Hall–Kier alpha value is -3.11. The third-order valence-electron chi connectivity index (χ3n) is 5.26. The second kappa shape index (κ2) is 10.0. The Bertz CT molecular complexity index is 1150. The molecule has 2 aromatic heterocycles. The number of fused-ring (bicyclic) bond motifs is 1. The summed E-state index contributed by atoms with van der Waals surface area (Å²) in [5.74, 6) is -2.43. The summed E-state index contributed by atoms with van der Waals surface area (Å²) in [4.78, 5) is 50.2. The first-order valence-corrected chi connectivity index (χ1v) is 12.8. The van der Waals surface area contributed by atoms with Gasteiger partial charge in [-0.3, -0.25) is 19.3 Å². The molecule has 1 fully saturated rings. The van der Waals surface area contributed by atoms with Crippen molar-refractivity contribution in [3.05, 3.63) is 28.3 Å². The number of nitrogen functional groups attached to an aromatic ring is 1.